The van der Waals surface area contributed by atoms with Crippen LogP contribution in [0.1, 0.15) is 5.56 Å². The first kappa shape index (κ1) is 9.25. The van der Waals surface area contributed by atoms with E-state index in [4.69, 9.17) is 16.0 Å². The molecule has 0 saturated carbocycles. The molecule has 0 amide bonds. The Labute approximate surface area is 76.5 Å². The monoisotopic (exact) mass is 177 g/mol. The average Bonchev–Trinajstić information content (AvgIpc) is 2.20. The second-order valence-corrected chi connectivity index (χ2v) is 2.39. The molecule has 1 aromatic rings. The highest BCUT2D eigenvalue weighted by Crippen LogP contribution is 2.12. The van der Waals surface area contributed by atoms with Crippen LogP contribution in [-0.2, 0) is 0 Å². The van der Waals surface area contributed by atoms with Gasteiger partial charge in [0.25, 0.3) is 0 Å². The molecule has 0 heterocycles. The normalized spacial score (nSPS) is 11.0. The zero-order valence-electron chi connectivity index (χ0n) is 7.32. The molecule has 0 aromatic heterocycles. The van der Waals surface area contributed by atoms with Gasteiger partial charge < -0.3 is 16.0 Å². The summed E-state index contributed by atoms with van der Waals surface area (Å²) in [5.74, 6) is 5.83. The van der Waals surface area contributed by atoms with Gasteiger partial charge in [-0.15, -0.1) is 0 Å². The van der Waals surface area contributed by atoms with Gasteiger partial charge in [-0.3, -0.25) is 0 Å². The molecule has 0 unspecified atom stereocenters. The van der Waals surface area contributed by atoms with Crippen LogP contribution < -0.4 is 10.6 Å². The van der Waals surface area contributed by atoms with Crippen LogP contribution in [0.5, 0.6) is 5.75 Å². The van der Waals surface area contributed by atoms with Gasteiger partial charge in [-0.1, -0.05) is 12.1 Å². The number of hydrazone groups is 1. The van der Waals surface area contributed by atoms with Crippen molar-refractivity contribution in [2.75, 3.05) is 7.11 Å². The van der Waals surface area contributed by atoms with Gasteiger partial charge in [-0.25, -0.2) is 0 Å². The molecule has 0 radical (unpaired) electrons. The van der Waals surface area contributed by atoms with Gasteiger partial charge in [0.05, 0.1) is 7.11 Å². The minimum absolute atomic E-state index is 0.430. The highest BCUT2D eigenvalue weighted by atomic mass is 16.5. The Morgan fingerprint density at radius 1 is 1.62 bits per heavy atom. The molecule has 4 heteroatoms. The number of hydrogen-bond acceptors (Lipinski definition) is 4. The number of nitrogens with two attached hydrogens (primary N) is 1. The van der Waals surface area contributed by atoms with Crippen LogP contribution in [0.15, 0.2) is 29.4 Å². The predicted molar refractivity (Wildman–Crippen MR) is 52.5 cm³/mol. The summed E-state index contributed by atoms with van der Waals surface area (Å²) in [4.78, 5) is 0. The quantitative estimate of drug-likeness (QED) is 0.411. The van der Waals surface area contributed by atoms with E-state index in [0.717, 1.165) is 17.5 Å². The Bertz CT molecular complexity index is 333. The third kappa shape index (κ3) is 2.05. The van der Waals surface area contributed by atoms with Crippen molar-refractivity contribution >= 4 is 11.9 Å². The van der Waals surface area contributed by atoms with Crippen LogP contribution in [0.3, 0.4) is 0 Å². The second kappa shape index (κ2) is 4.25. The van der Waals surface area contributed by atoms with Crippen molar-refractivity contribution in [2.24, 2.45) is 10.9 Å². The third-order valence-corrected chi connectivity index (χ3v) is 1.64. The second-order valence-electron chi connectivity index (χ2n) is 2.39. The summed E-state index contributed by atoms with van der Waals surface area (Å²) in [5, 5.41) is 10.5. The number of rotatable bonds is 3. The third-order valence-electron chi connectivity index (χ3n) is 1.64. The fourth-order valence-corrected chi connectivity index (χ4v) is 0.978. The van der Waals surface area contributed by atoms with E-state index in [-0.39, 0.29) is 0 Å². The van der Waals surface area contributed by atoms with Crippen molar-refractivity contribution in [3.63, 3.8) is 0 Å². The SMILES string of the molecule is COc1cccc(/C(C=N)=N/N)c1. The van der Waals surface area contributed by atoms with Gasteiger partial charge in [0.1, 0.15) is 11.5 Å². The van der Waals surface area contributed by atoms with E-state index >= 15 is 0 Å². The molecular weight excluding hydrogens is 166 g/mol. The molecule has 1 aromatic carbocycles. The van der Waals surface area contributed by atoms with Crippen LogP contribution in [0.2, 0.25) is 0 Å². The summed E-state index contributed by atoms with van der Waals surface area (Å²) in [5.41, 5.74) is 1.20. The van der Waals surface area contributed by atoms with E-state index < -0.39 is 0 Å². The van der Waals surface area contributed by atoms with Gasteiger partial charge in [0.15, 0.2) is 0 Å². The Balaban J connectivity index is 3.07. The maximum absolute atomic E-state index is 7.05. The summed E-state index contributed by atoms with van der Waals surface area (Å²) < 4.78 is 5.02. The predicted octanol–water partition coefficient (Wildman–Crippen LogP) is 1.01. The molecule has 0 saturated heterocycles. The molecule has 1 rings (SSSR count). The summed E-state index contributed by atoms with van der Waals surface area (Å²) in [6, 6.07) is 7.24. The topological polar surface area (TPSA) is 71.5 Å². The van der Waals surface area contributed by atoms with E-state index in [2.05, 4.69) is 5.10 Å². The van der Waals surface area contributed by atoms with E-state index in [0.29, 0.717) is 5.71 Å². The molecule has 0 bridgehead atoms. The minimum Gasteiger partial charge on any atom is -0.497 e. The molecule has 68 valence electrons. The molecule has 0 fully saturated rings. The lowest BCUT2D eigenvalue weighted by Crippen LogP contribution is -2.05. The maximum atomic E-state index is 7.05. The van der Waals surface area contributed by atoms with Crippen molar-refractivity contribution in [3.8, 4) is 5.75 Å². The highest BCUT2D eigenvalue weighted by Gasteiger charge is 2.00. The molecule has 0 aliphatic carbocycles. The molecule has 0 aliphatic rings. The van der Waals surface area contributed by atoms with Gasteiger partial charge in [0.2, 0.25) is 0 Å². The summed E-state index contributed by atoms with van der Waals surface area (Å²) >= 11 is 0. The van der Waals surface area contributed by atoms with Gasteiger partial charge in [0, 0.05) is 11.8 Å². The van der Waals surface area contributed by atoms with E-state index in [1.165, 1.54) is 0 Å². The number of nitrogens with zero attached hydrogens (tertiary/aromatic N) is 1. The van der Waals surface area contributed by atoms with Crippen LogP contribution in [0.4, 0.5) is 0 Å². The standard InChI is InChI=1S/C9H11N3O/c1-13-8-4-2-3-7(5-8)9(6-10)12-11/h2-6,10H,11H2,1H3/b10-6?,12-9+. The van der Waals surface area contributed by atoms with Gasteiger partial charge >= 0.3 is 0 Å². The Morgan fingerprint density at radius 3 is 2.92 bits per heavy atom. The van der Waals surface area contributed by atoms with Gasteiger partial charge in [-0.2, -0.15) is 5.10 Å². The lowest BCUT2D eigenvalue weighted by Gasteiger charge is -2.02. The first-order valence-corrected chi connectivity index (χ1v) is 3.74. The molecule has 3 N–H and O–H groups in total. The summed E-state index contributed by atoms with van der Waals surface area (Å²) in [6.07, 6.45) is 1.11. The van der Waals surface area contributed by atoms with E-state index in [1.807, 2.05) is 18.2 Å². The molecule has 4 nitrogen and oxygen atoms in total. The molecule has 0 aliphatic heterocycles. The fraction of sp³-hybridized carbons (Fsp3) is 0.111. The Kier molecular flexibility index (Phi) is 3.03. The Hall–Kier alpha value is -1.84. The van der Waals surface area contributed by atoms with Crippen molar-refractivity contribution in [2.45, 2.75) is 0 Å². The first-order chi connectivity index (χ1) is 6.31. The summed E-state index contributed by atoms with van der Waals surface area (Å²) in [7, 11) is 1.59. The van der Waals surface area contributed by atoms with Gasteiger partial charge in [-0.05, 0) is 12.1 Å². The van der Waals surface area contributed by atoms with Crippen molar-refractivity contribution < 1.29 is 4.74 Å². The number of methoxy groups -OCH3 is 1. The molecule has 13 heavy (non-hydrogen) atoms. The maximum Gasteiger partial charge on any atom is 0.119 e. The number of nitrogens with one attached hydrogen (secondary N) is 1. The summed E-state index contributed by atoms with van der Waals surface area (Å²) in [6.45, 7) is 0. The molecular formula is C9H11N3O. The highest BCUT2D eigenvalue weighted by molar-refractivity contribution is 6.37. The van der Waals surface area contributed by atoms with E-state index in [9.17, 15) is 0 Å². The van der Waals surface area contributed by atoms with Crippen molar-refractivity contribution in [1.29, 1.82) is 5.41 Å². The first-order valence-electron chi connectivity index (χ1n) is 3.74. The number of hydrogen-bond donors (Lipinski definition) is 2. The average molecular weight is 177 g/mol. The lowest BCUT2D eigenvalue weighted by atomic mass is 10.1. The smallest absolute Gasteiger partial charge is 0.119 e. The molecule has 0 spiro atoms. The van der Waals surface area contributed by atoms with Crippen LogP contribution in [-0.4, -0.2) is 19.0 Å². The number of ether oxygens (including phenoxy) is 1. The van der Waals surface area contributed by atoms with Crippen LogP contribution in [0.25, 0.3) is 0 Å². The van der Waals surface area contributed by atoms with Crippen LogP contribution in [0, 0.1) is 5.41 Å². The number of benzene rings is 1. The Morgan fingerprint density at radius 2 is 2.38 bits per heavy atom. The lowest BCUT2D eigenvalue weighted by molar-refractivity contribution is 0.414. The van der Waals surface area contributed by atoms with Crippen LogP contribution >= 0.6 is 0 Å². The van der Waals surface area contributed by atoms with Crippen molar-refractivity contribution in [1.82, 2.24) is 0 Å². The zero-order chi connectivity index (χ0) is 9.68. The minimum atomic E-state index is 0.430. The zero-order valence-corrected chi connectivity index (χ0v) is 7.32. The largest absolute Gasteiger partial charge is 0.497 e. The molecule has 0 atom stereocenters. The van der Waals surface area contributed by atoms with E-state index in [1.54, 1.807) is 13.2 Å². The van der Waals surface area contributed by atoms with Crippen molar-refractivity contribution in [3.05, 3.63) is 29.8 Å². The fourth-order valence-electron chi connectivity index (χ4n) is 0.978.